The third kappa shape index (κ3) is 6.84. The number of carbonyl (C=O) groups is 2. The minimum absolute atomic E-state index is 0.103. The maximum atomic E-state index is 12.5. The predicted octanol–water partition coefficient (Wildman–Crippen LogP) is 0.133. The fourth-order valence-corrected chi connectivity index (χ4v) is 3.68. The second kappa shape index (κ2) is 12.4. The molecule has 10 nitrogen and oxygen atoms in total. The van der Waals surface area contributed by atoms with Gasteiger partial charge in [-0.25, -0.2) is 0 Å². The van der Waals surface area contributed by atoms with Crippen LogP contribution in [0.2, 0.25) is 0 Å². The predicted molar refractivity (Wildman–Crippen MR) is 101 cm³/mol. The molecule has 0 aliphatic carbocycles. The van der Waals surface area contributed by atoms with Crippen LogP contribution >= 0.6 is 0 Å². The molecule has 28 heavy (non-hydrogen) atoms. The number of ether oxygens (including phenoxy) is 2. The number of rotatable bonds is 7. The van der Waals surface area contributed by atoms with Gasteiger partial charge in [-0.3, -0.25) is 9.59 Å². The number of nitrogens with zero attached hydrogens (tertiary/aromatic N) is 4. The lowest BCUT2D eigenvalue weighted by Gasteiger charge is -2.38. The second-order valence-corrected chi connectivity index (χ2v) is 6.91. The van der Waals surface area contributed by atoms with E-state index in [-0.39, 0.29) is 18.3 Å². The molecule has 2 saturated heterocycles. The molecular formula is C18H31N5O5. The van der Waals surface area contributed by atoms with E-state index < -0.39 is 0 Å². The number of carbonyl (C=O) groups excluding carboxylic acids is 1. The van der Waals surface area contributed by atoms with Crippen LogP contribution in [0.25, 0.3) is 0 Å². The van der Waals surface area contributed by atoms with Gasteiger partial charge in [0.2, 0.25) is 5.91 Å². The van der Waals surface area contributed by atoms with Crippen LogP contribution in [-0.4, -0.2) is 83.2 Å². The number of likely N-dealkylation sites (tertiary alicyclic amines) is 1. The van der Waals surface area contributed by atoms with Crippen molar-refractivity contribution in [1.29, 1.82) is 0 Å². The van der Waals surface area contributed by atoms with Crippen LogP contribution in [0.1, 0.15) is 31.5 Å². The Morgan fingerprint density at radius 2 is 2.04 bits per heavy atom. The Kier molecular flexibility index (Phi) is 9.87. The van der Waals surface area contributed by atoms with Crippen LogP contribution in [0, 0.1) is 5.92 Å². The molecule has 0 bridgehead atoms. The first-order valence-electron chi connectivity index (χ1n) is 9.72. The summed E-state index contributed by atoms with van der Waals surface area (Å²) in [5, 5.41) is 17.9. The highest BCUT2D eigenvalue weighted by atomic mass is 16.5. The van der Waals surface area contributed by atoms with Crippen LogP contribution < -0.4 is 5.32 Å². The first kappa shape index (κ1) is 22.3. The van der Waals surface area contributed by atoms with E-state index in [1.807, 2.05) is 4.57 Å². The molecule has 10 heteroatoms. The van der Waals surface area contributed by atoms with Gasteiger partial charge in [-0.1, -0.05) is 0 Å². The molecule has 0 atom stereocenters. The Morgan fingerprint density at radius 1 is 1.36 bits per heavy atom. The summed E-state index contributed by atoms with van der Waals surface area (Å²) in [5.41, 5.74) is 0. The van der Waals surface area contributed by atoms with Gasteiger partial charge in [-0.2, -0.15) is 0 Å². The lowest BCUT2D eigenvalue weighted by molar-refractivity contribution is -0.127. The van der Waals surface area contributed by atoms with Gasteiger partial charge in [0.15, 0.2) is 5.82 Å². The number of carboxylic acid groups (broad SMARTS) is 1. The van der Waals surface area contributed by atoms with Crippen molar-refractivity contribution in [3.63, 3.8) is 0 Å². The van der Waals surface area contributed by atoms with Gasteiger partial charge in [0.05, 0.1) is 13.2 Å². The number of methoxy groups -OCH3 is 1. The Morgan fingerprint density at radius 3 is 2.68 bits per heavy atom. The Hall–Kier alpha value is -2.04. The van der Waals surface area contributed by atoms with E-state index >= 15 is 0 Å². The third-order valence-electron chi connectivity index (χ3n) is 5.26. The van der Waals surface area contributed by atoms with Crippen LogP contribution in [0.5, 0.6) is 0 Å². The molecule has 1 aromatic heterocycles. The summed E-state index contributed by atoms with van der Waals surface area (Å²) in [6.07, 6.45) is 5.77. The van der Waals surface area contributed by atoms with Crippen molar-refractivity contribution in [2.45, 2.75) is 44.8 Å². The second-order valence-electron chi connectivity index (χ2n) is 6.91. The van der Waals surface area contributed by atoms with E-state index in [9.17, 15) is 4.79 Å². The van der Waals surface area contributed by atoms with Gasteiger partial charge in [-0.15, -0.1) is 10.2 Å². The fourth-order valence-electron chi connectivity index (χ4n) is 3.68. The van der Waals surface area contributed by atoms with Gasteiger partial charge in [0, 0.05) is 38.8 Å². The van der Waals surface area contributed by atoms with Crippen LogP contribution in [-0.2, 0) is 32.2 Å². The zero-order valence-corrected chi connectivity index (χ0v) is 16.5. The molecule has 0 unspecified atom stereocenters. The van der Waals surface area contributed by atoms with Gasteiger partial charge in [-0.05, 0) is 38.8 Å². The molecule has 1 aromatic rings. The van der Waals surface area contributed by atoms with Gasteiger partial charge in [0.25, 0.3) is 6.47 Å². The Labute approximate surface area is 165 Å². The van der Waals surface area contributed by atoms with Crippen molar-refractivity contribution in [2.24, 2.45) is 5.92 Å². The van der Waals surface area contributed by atoms with Crippen LogP contribution in [0.15, 0.2) is 6.33 Å². The summed E-state index contributed by atoms with van der Waals surface area (Å²) in [5.74, 6) is 1.00. The highest BCUT2D eigenvalue weighted by Gasteiger charge is 2.29. The van der Waals surface area contributed by atoms with E-state index in [1.165, 1.54) is 0 Å². The minimum atomic E-state index is -0.250. The lowest BCUT2D eigenvalue weighted by Crippen LogP contribution is -2.46. The number of hydrogen-bond acceptors (Lipinski definition) is 7. The summed E-state index contributed by atoms with van der Waals surface area (Å²) >= 11 is 0. The van der Waals surface area contributed by atoms with E-state index in [0.717, 1.165) is 57.8 Å². The topological polar surface area (TPSA) is 119 Å². The molecule has 0 aromatic carbocycles. The number of hydrogen-bond donors (Lipinski definition) is 2. The molecule has 158 valence electrons. The van der Waals surface area contributed by atoms with Crippen molar-refractivity contribution in [3.05, 3.63) is 12.2 Å². The molecule has 2 aliphatic rings. The highest BCUT2D eigenvalue weighted by Crippen LogP contribution is 2.23. The summed E-state index contributed by atoms with van der Waals surface area (Å²) in [4.78, 5) is 23.4. The highest BCUT2D eigenvalue weighted by molar-refractivity contribution is 5.78. The molecule has 2 aliphatic heterocycles. The summed E-state index contributed by atoms with van der Waals surface area (Å²) in [6.45, 7) is 5.22. The molecule has 0 saturated carbocycles. The number of piperidine rings is 1. The number of amides is 1. The van der Waals surface area contributed by atoms with Crippen LogP contribution in [0.4, 0.5) is 0 Å². The van der Waals surface area contributed by atoms with Crippen LogP contribution in [0.3, 0.4) is 0 Å². The number of aromatic nitrogens is 3. The smallest absolute Gasteiger partial charge is 0.290 e. The SMILES string of the molecule is COCCn1cnnc1CNC(=O)C1CCN(C2CCOCC2)CC1.O=CO. The minimum Gasteiger partial charge on any atom is -0.483 e. The van der Waals surface area contributed by atoms with E-state index in [0.29, 0.717) is 25.7 Å². The van der Waals surface area contributed by atoms with Crippen molar-refractivity contribution in [2.75, 3.05) is 40.0 Å². The largest absolute Gasteiger partial charge is 0.483 e. The average molecular weight is 397 g/mol. The van der Waals surface area contributed by atoms with Crippen molar-refractivity contribution >= 4 is 12.4 Å². The van der Waals surface area contributed by atoms with Gasteiger partial charge >= 0.3 is 0 Å². The third-order valence-corrected chi connectivity index (χ3v) is 5.26. The maximum absolute atomic E-state index is 12.5. The normalized spacial score (nSPS) is 18.9. The summed E-state index contributed by atoms with van der Waals surface area (Å²) < 4.78 is 12.4. The maximum Gasteiger partial charge on any atom is 0.290 e. The molecule has 2 fully saturated rings. The first-order valence-corrected chi connectivity index (χ1v) is 9.72. The summed E-state index contributed by atoms with van der Waals surface area (Å²) in [6, 6.07) is 0.636. The van der Waals surface area contributed by atoms with Gasteiger partial charge < -0.3 is 29.4 Å². The van der Waals surface area contributed by atoms with Crippen molar-refractivity contribution < 1.29 is 24.2 Å². The fraction of sp³-hybridized carbons (Fsp3) is 0.778. The molecule has 0 spiro atoms. The zero-order valence-electron chi connectivity index (χ0n) is 16.5. The van der Waals surface area contributed by atoms with Crippen molar-refractivity contribution in [3.8, 4) is 0 Å². The quantitative estimate of drug-likeness (QED) is 0.624. The van der Waals surface area contributed by atoms with E-state index in [4.69, 9.17) is 19.4 Å². The van der Waals surface area contributed by atoms with Gasteiger partial charge in [0.1, 0.15) is 6.33 Å². The number of nitrogens with one attached hydrogen (secondary N) is 1. The van der Waals surface area contributed by atoms with E-state index in [2.05, 4.69) is 20.4 Å². The molecule has 3 heterocycles. The summed E-state index contributed by atoms with van der Waals surface area (Å²) in [7, 11) is 1.67. The molecule has 3 rings (SSSR count). The first-order chi connectivity index (χ1) is 13.7. The lowest BCUT2D eigenvalue weighted by atomic mass is 9.93. The Balaban J connectivity index is 0.000000878. The molecular weight excluding hydrogens is 366 g/mol. The zero-order chi connectivity index (χ0) is 20.2. The monoisotopic (exact) mass is 397 g/mol. The average Bonchev–Trinajstić information content (AvgIpc) is 3.19. The molecule has 0 radical (unpaired) electrons. The van der Waals surface area contributed by atoms with E-state index in [1.54, 1.807) is 13.4 Å². The molecule has 2 N–H and O–H groups in total. The van der Waals surface area contributed by atoms with Crippen molar-refractivity contribution in [1.82, 2.24) is 25.0 Å². The Bertz CT molecular complexity index is 583. The standard InChI is InChI=1S/C17H29N5O3.CH2O2/c1-24-11-8-22-13-19-20-16(22)12-18-17(23)14-2-6-21(7-3-14)15-4-9-25-10-5-15;2-1-3/h13-15H,2-12H2,1H3,(H,18,23);1H,(H,2,3). The molecule has 1 amide bonds.